The normalized spacial score (nSPS) is 27.3. The Morgan fingerprint density at radius 1 is 0.586 bits per heavy atom. The summed E-state index contributed by atoms with van der Waals surface area (Å²) in [5.74, 6) is 5.41. The minimum Gasteiger partial charge on any atom is -0.493 e. The molecule has 2 aliphatic rings. The lowest BCUT2D eigenvalue weighted by molar-refractivity contribution is 0.110. The molecule has 2 heteroatoms. The summed E-state index contributed by atoms with van der Waals surface area (Å²) in [7, 11) is 0. The Labute approximate surface area is 176 Å². The van der Waals surface area contributed by atoms with Crippen LogP contribution in [0.3, 0.4) is 0 Å². The summed E-state index contributed by atoms with van der Waals surface area (Å²) in [6, 6.07) is 18.7. The molecule has 0 spiro atoms. The van der Waals surface area contributed by atoms with Gasteiger partial charge in [-0.3, -0.25) is 0 Å². The summed E-state index contributed by atoms with van der Waals surface area (Å²) in [4.78, 5) is 0. The van der Waals surface area contributed by atoms with Crippen LogP contribution in [0, 0.1) is 30.6 Å². The quantitative estimate of drug-likeness (QED) is 0.502. The topological polar surface area (TPSA) is 18.5 Å². The first-order chi connectivity index (χ1) is 14.3. The van der Waals surface area contributed by atoms with Crippen molar-refractivity contribution in [3.8, 4) is 11.5 Å². The van der Waals surface area contributed by atoms with E-state index in [0.717, 1.165) is 48.4 Å². The molecule has 0 radical (unpaired) electrons. The van der Waals surface area contributed by atoms with Crippen LogP contribution < -0.4 is 9.47 Å². The van der Waals surface area contributed by atoms with Crippen LogP contribution in [-0.2, 0) is 0 Å². The Kier molecular flexibility index (Phi) is 7.14. The Morgan fingerprint density at radius 3 is 1.52 bits per heavy atom. The van der Waals surface area contributed by atoms with Crippen molar-refractivity contribution in [3.05, 3.63) is 60.2 Å². The van der Waals surface area contributed by atoms with Crippen molar-refractivity contribution in [2.24, 2.45) is 23.7 Å². The standard InChI is InChI=1S/C27H36O2/c1-21-7-17-27(18-8-21)29-20-23-11-15-25(16-12-23)24-13-9-22(10-14-24)19-28-26-5-3-2-4-6-26/h2-8,17-18,22-25H,9-16,19-20H2,1H3. The zero-order valence-electron chi connectivity index (χ0n) is 17.9. The van der Waals surface area contributed by atoms with Gasteiger partial charge in [0.05, 0.1) is 13.2 Å². The molecule has 0 aromatic heterocycles. The largest absolute Gasteiger partial charge is 0.493 e. The van der Waals surface area contributed by atoms with E-state index in [-0.39, 0.29) is 0 Å². The Morgan fingerprint density at radius 2 is 1.03 bits per heavy atom. The highest BCUT2D eigenvalue weighted by Gasteiger charge is 2.31. The van der Waals surface area contributed by atoms with Gasteiger partial charge >= 0.3 is 0 Å². The number of benzene rings is 2. The molecule has 2 saturated carbocycles. The second-order valence-corrected chi connectivity index (χ2v) is 9.31. The van der Waals surface area contributed by atoms with Gasteiger partial charge in [-0.15, -0.1) is 0 Å². The molecular formula is C27H36O2. The van der Waals surface area contributed by atoms with Gasteiger partial charge in [-0.1, -0.05) is 35.9 Å². The van der Waals surface area contributed by atoms with Crippen LogP contribution in [0.25, 0.3) is 0 Å². The van der Waals surface area contributed by atoms with Crippen LogP contribution in [0.15, 0.2) is 54.6 Å². The lowest BCUT2D eigenvalue weighted by Crippen LogP contribution is -2.28. The van der Waals surface area contributed by atoms with Gasteiger partial charge in [0.2, 0.25) is 0 Å². The van der Waals surface area contributed by atoms with Gasteiger partial charge in [0.15, 0.2) is 0 Å². The fourth-order valence-corrected chi connectivity index (χ4v) is 5.23. The van der Waals surface area contributed by atoms with Gasteiger partial charge in [-0.2, -0.15) is 0 Å². The third kappa shape index (κ3) is 6.01. The van der Waals surface area contributed by atoms with Gasteiger partial charge in [0, 0.05) is 0 Å². The SMILES string of the molecule is Cc1ccc(OCC2CCC(C3CCC(COc4ccccc4)CC3)CC2)cc1. The third-order valence-electron chi connectivity index (χ3n) is 7.19. The Bertz CT molecular complexity index is 708. The van der Waals surface area contributed by atoms with Gasteiger partial charge in [0.25, 0.3) is 0 Å². The fraction of sp³-hybridized carbons (Fsp3) is 0.556. The monoisotopic (exact) mass is 392 g/mol. The summed E-state index contributed by atoms with van der Waals surface area (Å²) in [6.45, 7) is 3.90. The van der Waals surface area contributed by atoms with E-state index in [9.17, 15) is 0 Å². The van der Waals surface area contributed by atoms with Crippen molar-refractivity contribution < 1.29 is 9.47 Å². The molecule has 156 valence electrons. The molecular weight excluding hydrogens is 356 g/mol. The molecule has 0 saturated heterocycles. The average Bonchev–Trinajstić information content (AvgIpc) is 2.79. The Balaban J connectivity index is 1.13. The van der Waals surface area contributed by atoms with E-state index < -0.39 is 0 Å². The number of hydrogen-bond acceptors (Lipinski definition) is 2. The second-order valence-electron chi connectivity index (χ2n) is 9.31. The number of rotatable bonds is 7. The molecule has 0 amide bonds. The fourth-order valence-electron chi connectivity index (χ4n) is 5.23. The van der Waals surface area contributed by atoms with Gasteiger partial charge in [0.1, 0.15) is 11.5 Å². The Hall–Kier alpha value is -1.96. The summed E-state index contributed by atoms with van der Waals surface area (Å²) in [6.07, 6.45) is 11.0. The van der Waals surface area contributed by atoms with E-state index in [1.165, 1.54) is 56.9 Å². The summed E-state index contributed by atoms with van der Waals surface area (Å²) >= 11 is 0. The third-order valence-corrected chi connectivity index (χ3v) is 7.19. The summed E-state index contributed by atoms with van der Waals surface area (Å²) in [5, 5.41) is 0. The zero-order valence-corrected chi connectivity index (χ0v) is 17.9. The second kappa shape index (κ2) is 10.2. The molecule has 29 heavy (non-hydrogen) atoms. The van der Waals surface area contributed by atoms with Crippen LogP contribution in [0.1, 0.15) is 56.9 Å². The molecule has 2 nitrogen and oxygen atoms in total. The predicted octanol–water partition coefficient (Wildman–Crippen LogP) is 7.07. The van der Waals surface area contributed by atoms with E-state index >= 15 is 0 Å². The molecule has 0 bridgehead atoms. The van der Waals surface area contributed by atoms with E-state index in [1.54, 1.807) is 0 Å². The maximum Gasteiger partial charge on any atom is 0.119 e. The van der Waals surface area contributed by atoms with Crippen LogP contribution in [-0.4, -0.2) is 13.2 Å². The van der Waals surface area contributed by atoms with Crippen molar-refractivity contribution in [1.82, 2.24) is 0 Å². The van der Waals surface area contributed by atoms with E-state index in [4.69, 9.17) is 9.47 Å². The van der Waals surface area contributed by atoms with Crippen LogP contribution >= 0.6 is 0 Å². The predicted molar refractivity (Wildman–Crippen MR) is 120 cm³/mol. The van der Waals surface area contributed by atoms with Gasteiger partial charge < -0.3 is 9.47 Å². The lowest BCUT2D eigenvalue weighted by atomic mass is 9.69. The van der Waals surface area contributed by atoms with Crippen molar-refractivity contribution in [2.75, 3.05) is 13.2 Å². The van der Waals surface area contributed by atoms with Crippen molar-refractivity contribution in [2.45, 2.75) is 58.3 Å². The van der Waals surface area contributed by atoms with Crippen LogP contribution in [0.4, 0.5) is 0 Å². The van der Waals surface area contributed by atoms with Gasteiger partial charge in [-0.25, -0.2) is 0 Å². The highest BCUT2D eigenvalue weighted by Crippen LogP contribution is 2.41. The molecule has 4 rings (SSSR count). The first-order valence-electron chi connectivity index (χ1n) is 11.6. The zero-order chi connectivity index (χ0) is 19.9. The van der Waals surface area contributed by atoms with Gasteiger partial charge in [-0.05, 0) is 106 Å². The molecule has 0 atom stereocenters. The molecule has 2 fully saturated rings. The average molecular weight is 393 g/mol. The smallest absolute Gasteiger partial charge is 0.119 e. The highest BCUT2D eigenvalue weighted by molar-refractivity contribution is 5.26. The molecule has 2 aromatic carbocycles. The molecule has 0 heterocycles. The lowest BCUT2D eigenvalue weighted by Gasteiger charge is -2.37. The highest BCUT2D eigenvalue weighted by atomic mass is 16.5. The molecule has 2 aliphatic carbocycles. The molecule has 2 aromatic rings. The van der Waals surface area contributed by atoms with E-state index in [2.05, 4.69) is 43.3 Å². The van der Waals surface area contributed by atoms with Crippen LogP contribution in [0.2, 0.25) is 0 Å². The van der Waals surface area contributed by atoms with Crippen molar-refractivity contribution >= 4 is 0 Å². The molecule has 0 N–H and O–H groups in total. The van der Waals surface area contributed by atoms with E-state index in [1.807, 2.05) is 18.2 Å². The van der Waals surface area contributed by atoms with E-state index in [0.29, 0.717) is 0 Å². The number of hydrogen-bond donors (Lipinski definition) is 0. The maximum atomic E-state index is 6.04. The van der Waals surface area contributed by atoms with Crippen molar-refractivity contribution in [3.63, 3.8) is 0 Å². The molecule has 0 unspecified atom stereocenters. The summed E-state index contributed by atoms with van der Waals surface area (Å²) < 4.78 is 12.0. The first-order valence-corrected chi connectivity index (χ1v) is 11.6. The summed E-state index contributed by atoms with van der Waals surface area (Å²) in [5.41, 5.74) is 1.29. The number of ether oxygens (including phenoxy) is 2. The van der Waals surface area contributed by atoms with Crippen molar-refractivity contribution in [1.29, 1.82) is 0 Å². The first kappa shape index (κ1) is 20.3. The minimum atomic E-state index is 0.739. The van der Waals surface area contributed by atoms with Crippen LogP contribution in [0.5, 0.6) is 11.5 Å². The number of aryl methyl sites for hydroxylation is 1. The number of para-hydroxylation sites is 1. The molecule has 0 aliphatic heterocycles. The maximum absolute atomic E-state index is 6.04. The minimum absolute atomic E-state index is 0.739.